The largest absolute Gasteiger partial charge is 0.481 e. The molecule has 5 nitrogen and oxygen atoms in total. The molecule has 104 valence electrons. The van der Waals surface area contributed by atoms with Gasteiger partial charge in [-0.3, -0.25) is 4.79 Å². The van der Waals surface area contributed by atoms with Gasteiger partial charge in [-0.15, -0.1) is 0 Å². The van der Waals surface area contributed by atoms with Crippen LogP contribution in [-0.2, 0) is 4.79 Å². The van der Waals surface area contributed by atoms with Crippen molar-refractivity contribution >= 4 is 33.6 Å². The second-order valence-corrected chi connectivity index (χ2v) is 5.35. The van der Waals surface area contributed by atoms with Gasteiger partial charge >= 0.3 is 12.0 Å². The lowest BCUT2D eigenvalue weighted by atomic mass is 10.0. The summed E-state index contributed by atoms with van der Waals surface area (Å²) in [5.74, 6) is -1.59. The van der Waals surface area contributed by atoms with E-state index in [2.05, 4.69) is 26.6 Å². The SMILES string of the molecule is Cc1ccc(NC(=O)NC(C)C(C)C(=O)O)c(Br)c1. The Bertz CT molecular complexity index is 491. The molecule has 6 heteroatoms. The maximum Gasteiger partial charge on any atom is 0.319 e. The number of aryl methyl sites for hydroxylation is 1. The monoisotopic (exact) mass is 328 g/mol. The van der Waals surface area contributed by atoms with Crippen molar-refractivity contribution in [3.63, 3.8) is 0 Å². The van der Waals surface area contributed by atoms with Gasteiger partial charge in [0.2, 0.25) is 0 Å². The van der Waals surface area contributed by atoms with Crippen LogP contribution in [0.2, 0.25) is 0 Å². The number of carbonyl (C=O) groups excluding carboxylic acids is 1. The molecule has 0 aliphatic heterocycles. The summed E-state index contributed by atoms with van der Waals surface area (Å²) >= 11 is 3.36. The predicted octanol–water partition coefficient (Wildman–Crippen LogP) is 2.99. The highest BCUT2D eigenvalue weighted by Crippen LogP contribution is 2.23. The maximum absolute atomic E-state index is 11.8. The van der Waals surface area contributed by atoms with E-state index in [0.29, 0.717) is 5.69 Å². The predicted molar refractivity (Wildman–Crippen MR) is 77.3 cm³/mol. The molecule has 0 saturated heterocycles. The normalized spacial score (nSPS) is 13.5. The fourth-order valence-corrected chi connectivity index (χ4v) is 2.02. The van der Waals surface area contributed by atoms with Crippen molar-refractivity contribution in [1.82, 2.24) is 5.32 Å². The molecule has 0 aliphatic rings. The van der Waals surface area contributed by atoms with E-state index in [1.54, 1.807) is 19.9 Å². The molecule has 0 aromatic heterocycles. The number of nitrogens with one attached hydrogen (secondary N) is 2. The molecule has 0 aliphatic carbocycles. The van der Waals surface area contributed by atoms with Gasteiger partial charge in [-0.05, 0) is 54.4 Å². The van der Waals surface area contributed by atoms with Gasteiger partial charge in [0.1, 0.15) is 0 Å². The molecule has 2 amide bonds. The molecule has 1 rings (SSSR count). The van der Waals surface area contributed by atoms with Crippen LogP contribution >= 0.6 is 15.9 Å². The van der Waals surface area contributed by atoms with Crippen LogP contribution in [0.3, 0.4) is 0 Å². The summed E-state index contributed by atoms with van der Waals surface area (Å²) in [6, 6.07) is 4.67. The van der Waals surface area contributed by atoms with E-state index in [9.17, 15) is 9.59 Å². The third kappa shape index (κ3) is 4.55. The van der Waals surface area contributed by atoms with E-state index in [1.807, 2.05) is 19.1 Å². The van der Waals surface area contributed by atoms with Gasteiger partial charge in [-0.2, -0.15) is 0 Å². The summed E-state index contributed by atoms with van der Waals surface area (Å²) in [6.07, 6.45) is 0. The van der Waals surface area contributed by atoms with Crippen LogP contribution in [0.4, 0.5) is 10.5 Å². The highest BCUT2D eigenvalue weighted by Gasteiger charge is 2.21. The van der Waals surface area contributed by atoms with E-state index in [1.165, 1.54) is 0 Å². The number of carboxylic acids is 1. The van der Waals surface area contributed by atoms with E-state index in [4.69, 9.17) is 5.11 Å². The summed E-state index contributed by atoms with van der Waals surface area (Å²) in [5, 5.41) is 14.1. The molecule has 0 heterocycles. The number of urea groups is 1. The number of hydrogen-bond donors (Lipinski definition) is 3. The van der Waals surface area contributed by atoms with E-state index < -0.39 is 24.0 Å². The lowest BCUT2D eigenvalue weighted by Crippen LogP contribution is -2.42. The summed E-state index contributed by atoms with van der Waals surface area (Å²) < 4.78 is 0.779. The first-order valence-electron chi connectivity index (χ1n) is 5.87. The van der Waals surface area contributed by atoms with Crippen LogP contribution in [-0.4, -0.2) is 23.1 Å². The number of amides is 2. The zero-order valence-electron chi connectivity index (χ0n) is 11.0. The van der Waals surface area contributed by atoms with Gasteiger partial charge in [0.05, 0.1) is 11.6 Å². The Morgan fingerprint density at radius 3 is 2.47 bits per heavy atom. The van der Waals surface area contributed by atoms with Crippen LogP contribution in [0, 0.1) is 12.8 Å². The van der Waals surface area contributed by atoms with Crippen molar-refractivity contribution in [3.8, 4) is 0 Å². The first-order valence-corrected chi connectivity index (χ1v) is 6.67. The maximum atomic E-state index is 11.8. The van der Waals surface area contributed by atoms with Crippen LogP contribution in [0.15, 0.2) is 22.7 Å². The van der Waals surface area contributed by atoms with E-state index in [0.717, 1.165) is 10.0 Å². The number of rotatable bonds is 4. The molecule has 1 aromatic carbocycles. The number of aliphatic carboxylic acids is 1. The quantitative estimate of drug-likeness (QED) is 0.795. The summed E-state index contributed by atoms with van der Waals surface area (Å²) in [6.45, 7) is 5.16. The Kier molecular flexibility index (Phi) is 5.35. The van der Waals surface area contributed by atoms with Gasteiger partial charge in [0.15, 0.2) is 0 Å². The molecule has 1 aromatic rings. The fourth-order valence-electron chi connectivity index (χ4n) is 1.43. The molecule has 3 N–H and O–H groups in total. The Labute approximate surface area is 120 Å². The van der Waals surface area contributed by atoms with Crippen LogP contribution < -0.4 is 10.6 Å². The van der Waals surface area contributed by atoms with Crippen molar-refractivity contribution in [3.05, 3.63) is 28.2 Å². The minimum absolute atomic E-state index is 0.426. The number of halogens is 1. The first kappa shape index (κ1) is 15.5. The highest BCUT2D eigenvalue weighted by atomic mass is 79.9. The summed E-state index contributed by atoms with van der Waals surface area (Å²) in [5.41, 5.74) is 1.71. The summed E-state index contributed by atoms with van der Waals surface area (Å²) in [7, 11) is 0. The molecule has 0 bridgehead atoms. The molecular formula is C13H17BrN2O3. The molecule has 0 saturated carbocycles. The molecule has 0 spiro atoms. The average Bonchev–Trinajstić information content (AvgIpc) is 2.31. The van der Waals surface area contributed by atoms with Crippen LogP contribution in [0.1, 0.15) is 19.4 Å². The van der Waals surface area contributed by atoms with Crippen molar-refractivity contribution in [1.29, 1.82) is 0 Å². The fraction of sp³-hybridized carbons (Fsp3) is 0.385. The standard InChI is InChI=1S/C13H17BrN2O3/c1-7-4-5-11(10(14)6-7)16-13(19)15-9(3)8(2)12(17)18/h4-6,8-9H,1-3H3,(H,17,18)(H2,15,16,19). The molecule has 0 radical (unpaired) electrons. The minimum atomic E-state index is -0.940. The van der Waals surface area contributed by atoms with Crippen molar-refractivity contribution in [2.24, 2.45) is 5.92 Å². The van der Waals surface area contributed by atoms with Gasteiger partial charge in [-0.25, -0.2) is 4.79 Å². The molecule has 0 fully saturated rings. The van der Waals surface area contributed by atoms with E-state index in [-0.39, 0.29) is 0 Å². The second-order valence-electron chi connectivity index (χ2n) is 4.50. The first-order chi connectivity index (χ1) is 8.81. The number of hydrogen-bond acceptors (Lipinski definition) is 2. The Balaban J connectivity index is 2.63. The second kappa shape index (κ2) is 6.56. The van der Waals surface area contributed by atoms with Gasteiger partial charge < -0.3 is 15.7 Å². The lowest BCUT2D eigenvalue weighted by Gasteiger charge is -2.18. The van der Waals surface area contributed by atoms with Crippen molar-refractivity contribution in [2.45, 2.75) is 26.8 Å². The smallest absolute Gasteiger partial charge is 0.319 e. The van der Waals surface area contributed by atoms with Gasteiger partial charge in [0.25, 0.3) is 0 Å². The zero-order valence-corrected chi connectivity index (χ0v) is 12.6. The third-order valence-corrected chi connectivity index (χ3v) is 3.53. The third-order valence-electron chi connectivity index (χ3n) is 2.87. The van der Waals surface area contributed by atoms with Crippen LogP contribution in [0.5, 0.6) is 0 Å². The van der Waals surface area contributed by atoms with Crippen LogP contribution in [0.25, 0.3) is 0 Å². The van der Waals surface area contributed by atoms with E-state index >= 15 is 0 Å². The number of carbonyl (C=O) groups is 2. The number of anilines is 1. The Morgan fingerprint density at radius 1 is 1.32 bits per heavy atom. The minimum Gasteiger partial charge on any atom is -0.481 e. The van der Waals surface area contributed by atoms with Crippen molar-refractivity contribution < 1.29 is 14.7 Å². The molecule has 2 atom stereocenters. The lowest BCUT2D eigenvalue weighted by molar-refractivity contribution is -0.141. The van der Waals surface area contributed by atoms with Gasteiger partial charge in [-0.1, -0.05) is 6.07 Å². The highest BCUT2D eigenvalue weighted by molar-refractivity contribution is 9.10. The topological polar surface area (TPSA) is 78.4 Å². The zero-order chi connectivity index (χ0) is 14.6. The number of benzene rings is 1. The number of carboxylic acid groups (broad SMARTS) is 1. The molecular weight excluding hydrogens is 312 g/mol. The van der Waals surface area contributed by atoms with Crippen molar-refractivity contribution in [2.75, 3.05) is 5.32 Å². The molecule has 2 unspecified atom stereocenters. The Morgan fingerprint density at radius 2 is 1.95 bits per heavy atom. The molecule has 19 heavy (non-hydrogen) atoms. The summed E-state index contributed by atoms with van der Waals surface area (Å²) in [4.78, 5) is 22.5. The average molecular weight is 329 g/mol. The van der Waals surface area contributed by atoms with Gasteiger partial charge in [0, 0.05) is 10.5 Å². The Hall–Kier alpha value is -1.56.